The Kier molecular flexibility index (Phi) is 6.11. The molecule has 1 atom stereocenters. The van der Waals surface area contributed by atoms with E-state index in [1.165, 1.54) is 17.8 Å². The summed E-state index contributed by atoms with van der Waals surface area (Å²) in [6, 6.07) is 10.3. The molecule has 1 unspecified atom stereocenters. The van der Waals surface area contributed by atoms with E-state index in [0.29, 0.717) is 18.8 Å². The van der Waals surface area contributed by atoms with Gasteiger partial charge in [-0.1, -0.05) is 12.1 Å². The summed E-state index contributed by atoms with van der Waals surface area (Å²) in [7, 11) is 0. The summed E-state index contributed by atoms with van der Waals surface area (Å²) in [5.74, 6) is -0.502. The van der Waals surface area contributed by atoms with E-state index < -0.39 is 11.6 Å². The zero-order chi connectivity index (χ0) is 18.5. The molecule has 0 radical (unpaired) electrons. The lowest BCUT2D eigenvalue weighted by molar-refractivity contribution is -0.132. The monoisotopic (exact) mass is 379 g/mol. The number of thioether (sulfide) groups is 1. The molecule has 138 valence electrons. The quantitative estimate of drug-likeness (QED) is 0.837. The molecular weight excluding hydrogens is 360 g/mol. The topological polar surface area (TPSA) is 49.8 Å². The van der Waals surface area contributed by atoms with E-state index in [2.05, 4.69) is 0 Å². The summed E-state index contributed by atoms with van der Waals surface area (Å²) >= 11 is 1.26. The van der Waals surface area contributed by atoms with Crippen LogP contribution in [-0.4, -0.2) is 40.9 Å². The van der Waals surface area contributed by atoms with E-state index in [9.17, 15) is 13.6 Å². The van der Waals surface area contributed by atoms with E-state index in [-0.39, 0.29) is 29.3 Å². The lowest BCUT2D eigenvalue weighted by Crippen LogP contribution is -2.33. The molecule has 0 saturated carbocycles. The molecular formula is C19H19F2NO3S. The van der Waals surface area contributed by atoms with Crippen LogP contribution in [0.25, 0.3) is 0 Å². The third-order valence-electron chi connectivity index (χ3n) is 4.15. The first-order valence-electron chi connectivity index (χ1n) is 8.27. The lowest BCUT2D eigenvalue weighted by Gasteiger charge is -2.17. The molecule has 1 aliphatic rings. The summed E-state index contributed by atoms with van der Waals surface area (Å²) in [6.07, 6.45) is 0.720. The maximum absolute atomic E-state index is 13.7. The van der Waals surface area contributed by atoms with Crippen LogP contribution in [-0.2, 0) is 11.4 Å². The van der Waals surface area contributed by atoms with Gasteiger partial charge in [-0.25, -0.2) is 8.78 Å². The maximum atomic E-state index is 13.7. The highest BCUT2D eigenvalue weighted by Gasteiger charge is 2.27. The Morgan fingerprint density at radius 1 is 1.23 bits per heavy atom. The first-order chi connectivity index (χ1) is 12.5. The van der Waals surface area contributed by atoms with E-state index in [0.717, 1.165) is 24.1 Å². The van der Waals surface area contributed by atoms with Gasteiger partial charge in [0.25, 0.3) is 5.91 Å². The molecule has 1 amide bonds. The van der Waals surface area contributed by atoms with Crippen LogP contribution in [0.4, 0.5) is 8.78 Å². The Labute approximate surface area is 154 Å². The van der Waals surface area contributed by atoms with Crippen LogP contribution in [0.1, 0.15) is 12.0 Å². The van der Waals surface area contributed by atoms with Gasteiger partial charge in [0.05, 0.1) is 6.61 Å². The summed E-state index contributed by atoms with van der Waals surface area (Å²) in [6.45, 7) is 0.925. The number of aliphatic hydroxyl groups is 1. The molecule has 0 spiro atoms. The zero-order valence-corrected chi connectivity index (χ0v) is 14.8. The third-order valence-corrected chi connectivity index (χ3v) is 5.44. The van der Waals surface area contributed by atoms with E-state index >= 15 is 0 Å². The highest BCUT2D eigenvalue weighted by atomic mass is 32.2. The van der Waals surface area contributed by atoms with Gasteiger partial charge < -0.3 is 14.7 Å². The minimum atomic E-state index is -0.472. The molecule has 3 rings (SSSR count). The van der Waals surface area contributed by atoms with Gasteiger partial charge in [-0.05, 0) is 42.3 Å². The second kappa shape index (κ2) is 8.51. The van der Waals surface area contributed by atoms with Crippen molar-refractivity contribution in [3.8, 4) is 5.75 Å². The first kappa shape index (κ1) is 18.7. The van der Waals surface area contributed by atoms with Crippen molar-refractivity contribution in [2.75, 3.05) is 19.7 Å². The number of carbonyl (C=O) groups is 1. The van der Waals surface area contributed by atoms with Gasteiger partial charge in [0.1, 0.15) is 17.4 Å². The summed E-state index contributed by atoms with van der Waals surface area (Å²) < 4.78 is 32.5. The van der Waals surface area contributed by atoms with Gasteiger partial charge in [0.2, 0.25) is 0 Å². The number of hydrogen-bond acceptors (Lipinski definition) is 4. The second-order valence-electron chi connectivity index (χ2n) is 6.03. The molecule has 0 aliphatic carbocycles. The number of amides is 1. The Morgan fingerprint density at radius 3 is 2.73 bits per heavy atom. The van der Waals surface area contributed by atoms with Gasteiger partial charge in [0.15, 0.2) is 6.61 Å². The zero-order valence-electron chi connectivity index (χ0n) is 14.0. The largest absolute Gasteiger partial charge is 0.484 e. The molecule has 1 heterocycles. The minimum absolute atomic E-state index is 0.0269. The highest BCUT2D eigenvalue weighted by molar-refractivity contribution is 8.00. The van der Waals surface area contributed by atoms with Crippen molar-refractivity contribution >= 4 is 17.7 Å². The maximum Gasteiger partial charge on any atom is 0.260 e. The first-order valence-corrected chi connectivity index (χ1v) is 9.15. The number of carbonyl (C=O) groups excluding carboxylic acids is 1. The van der Waals surface area contributed by atoms with Crippen LogP contribution >= 0.6 is 11.8 Å². The van der Waals surface area contributed by atoms with Crippen LogP contribution in [0.3, 0.4) is 0 Å². The van der Waals surface area contributed by atoms with Crippen molar-refractivity contribution < 1.29 is 23.4 Å². The normalized spacial score (nSPS) is 16.7. The van der Waals surface area contributed by atoms with Crippen molar-refractivity contribution in [1.82, 2.24) is 4.90 Å². The molecule has 1 aliphatic heterocycles. The molecule has 1 saturated heterocycles. The number of hydrogen-bond donors (Lipinski definition) is 1. The van der Waals surface area contributed by atoms with Crippen LogP contribution in [0.2, 0.25) is 0 Å². The molecule has 0 bridgehead atoms. The molecule has 1 N–H and O–H groups in total. The Hall–Kier alpha value is -2.12. The SMILES string of the molecule is O=C(COc1ccc(CO)cc1)N1CCC(Sc2cc(F)ccc2F)C1. The van der Waals surface area contributed by atoms with Crippen LogP contribution < -0.4 is 4.74 Å². The molecule has 4 nitrogen and oxygen atoms in total. The van der Waals surface area contributed by atoms with Crippen molar-refractivity contribution in [2.24, 2.45) is 0 Å². The highest BCUT2D eigenvalue weighted by Crippen LogP contribution is 2.32. The number of ether oxygens (including phenoxy) is 1. The molecule has 26 heavy (non-hydrogen) atoms. The van der Waals surface area contributed by atoms with Gasteiger partial charge in [0, 0.05) is 23.2 Å². The molecule has 2 aromatic carbocycles. The Morgan fingerprint density at radius 2 is 2.00 bits per heavy atom. The fourth-order valence-corrected chi connectivity index (χ4v) is 3.92. The number of nitrogens with zero attached hydrogens (tertiary/aromatic N) is 1. The molecule has 0 aromatic heterocycles. The summed E-state index contributed by atoms with van der Waals surface area (Å²) in [5, 5.41) is 9.03. The summed E-state index contributed by atoms with van der Waals surface area (Å²) in [4.78, 5) is 14.2. The van der Waals surface area contributed by atoms with E-state index in [1.54, 1.807) is 29.2 Å². The van der Waals surface area contributed by atoms with Crippen molar-refractivity contribution in [1.29, 1.82) is 0 Å². The predicted molar refractivity (Wildman–Crippen MR) is 95.1 cm³/mol. The smallest absolute Gasteiger partial charge is 0.260 e. The van der Waals surface area contributed by atoms with Crippen molar-refractivity contribution in [3.05, 3.63) is 59.7 Å². The third kappa shape index (κ3) is 4.74. The molecule has 7 heteroatoms. The standard InChI is InChI=1S/C19H19F2NO3S/c20-14-3-6-17(21)18(9-14)26-16-7-8-22(10-16)19(24)12-25-15-4-1-13(11-23)2-5-15/h1-6,9,16,23H,7-8,10-12H2. The average molecular weight is 379 g/mol. The lowest BCUT2D eigenvalue weighted by atomic mass is 10.2. The average Bonchev–Trinajstić information content (AvgIpc) is 3.12. The number of aliphatic hydroxyl groups excluding tert-OH is 1. The minimum Gasteiger partial charge on any atom is -0.484 e. The van der Waals surface area contributed by atoms with Crippen LogP contribution in [0, 0.1) is 11.6 Å². The number of benzene rings is 2. The fourth-order valence-electron chi connectivity index (χ4n) is 2.73. The second-order valence-corrected chi connectivity index (χ2v) is 7.38. The van der Waals surface area contributed by atoms with Gasteiger partial charge in [-0.15, -0.1) is 11.8 Å². The van der Waals surface area contributed by atoms with Crippen molar-refractivity contribution in [3.63, 3.8) is 0 Å². The molecule has 2 aromatic rings. The van der Waals surface area contributed by atoms with Gasteiger partial charge in [-0.2, -0.15) is 0 Å². The van der Waals surface area contributed by atoms with Gasteiger partial charge in [-0.3, -0.25) is 4.79 Å². The Balaban J connectivity index is 1.49. The number of likely N-dealkylation sites (tertiary alicyclic amines) is 1. The predicted octanol–water partition coefficient (Wildman–Crippen LogP) is 3.23. The van der Waals surface area contributed by atoms with Crippen LogP contribution in [0.5, 0.6) is 5.75 Å². The van der Waals surface area contributed by atoms with Crippen LogP contribution in [0.15, 0.2) is 47.4 Å². The van der Waals surface area contributed by atoms with E-state index in [4.69, 9.17) is 9.84 Å². The van der Waals surface area contributed by atoms with E-state index in [1.807, 2.05) is 0 Å². The molecule has 1 fully saturated rings. The van der Waals surface area contributed by atoms with Gasteiger partial charge >= 0.3 is 0 Å². The number of halogens is 2. The van der Waals surface area contributed by atoms with Crippen molar-refractivity contribution in [2.45, 2.75) is 23.2 Å². The number of rotatable bonds is 6. The summed E-state index contributed by atoms with van der Waals surface area (Å²) in [5.41, 5.74) is 0.771. The fraction of sp³-hybridized carbons (Fsp3) is 0.316. The Bertz CT molecular complexity index is 770.